The normalized spacial score (nSPS) is 15.9. The van der Waals surface area contributed by atoms with Crippen LogP contribution in [-0.4, -0.2) is 33.3 Å². The Bertz CT molecular complexity index is 902. The van der Waals surface area contributed by atoms with Gasteiger partial charge in [-0.2, -0.15) is 9.78 Å². The number of aliphatic carboxylic acids is 1. The summed E-state index contributed by atoms with van der Waals surface area (Å²) < 4.78 is 14.1. The van der Waals surface area contributed by atoms with E-state index in [1.54, 1.807) is 0 Å². The molecule has 142 valence electrons. The number of hydrogen-bond donors (Lipinski definition) is 2. The van der Waals surface area contributed by atoms with Gasteiger partial charge in [0.2, 0.25) is 0 Å². The second kappa shape index (κ2) is 7.69. The van der Waals surface area contributed by atoms with E-state index in [1.807, 2.05) is 0 Å². The fraction of sp³-hybridized carbons (Fsp3) is 0.368. The molecular weight excluding hydrogens is 353 g/mol. The minimum absolute atomic E-state index is 0.0124. The van der Waals surface area contributed by atoms with Crippen LogP contribution in [0.2, 0.25) is 0 Å². The van der Waals surface area contributed by atoms with E-state index in [9.17, 15) is 23.9 Å². The SMILES string of the molecule is O=C(NCC1(C(=O)O)CCCCC1)c1ccc(=O)n(-c2ccc(F)cc2)n1. The van der Waals surface area contributed by atoms with Crippen LogP contribution in [0.1, 0.15) is 42.6 Å². The highest BCUT2D eigenvalue weighted by Gasteiger charge is 2.39. The molecule has 0 radical (unpaired) electrons. The second-order valence-corrected chi connectivity index (χ2v) is 6.77. The van der Waals surface area contributed by atoms with Crippen molar-refractivity contribution >= 4 is 11.9 Å². The van der Waals surface area contributed by atoms with Crippen molar-refractivity contribution in [2.24, 2.45) is 5.41 Å². The summed E-state index contributed by atoms with van der Waals surface area (Å²) in [5.74, 6) is -1.92. The lowest BCUT2D eigenvalue weighted by Gasteiger charge is -2.33. The maximum absolute atomic E-state index is 13.1. The Balaban J connectivity index is 1.79. The lowest BCUT2D eigenvalue weighted by Crippen LogP contribution is -2.44. The first-order chi connectivity index (χ1) is 12.9. The van der Waals surface area contributed by atoms with Crippen molar-refractivity contribution in [2.75, 3.05) is 6.54 Å². The number of halogens is 1. The first-order valence-electron chi connectivity index (χ1n) is 8.79. The molecule has 0 atom stereocenters. The van der Waals surface area contributed by atoms with Gasteiger partial charge in [-0.05, 0) is 43.2 Å². The molecule has 1 fully saturated rings. The number of nitrogens with zero attached hydrogens (tertiary/aromatic N) is 2. The van der Waals surface area contributed by atoms with Gasteiger partial charge in [-0.1, -0.05) is 19.3 Å². The smallest absolute Gasteiger partial charge is 0.311 e. The molecule has 0 aliphatic heterocycles. The van der Waals surface area contributed by atoms with E-state index >= 15 is 0 Å². The Morgan fingerprint density at radius 3 is 2.41 bits per heavy atom. The molecule has 3 rings (SSSR count). The first-order valence-corrected chi connectivity index (χ1v) is 8.79. The molecule has 0 unspecified atom stereocenters. The molecule has 8 heteroatoms. The van der Waals surface area contributed by atoms with Crippen molar-refractivity contribution in [2.45, 2.75) is 32.1 Å². The van der Waals surface area contributed by atoms with Crippen molar-refractivity contribution in [1.29, 1.82) is 0 Å². The van der Waals surface area contributed by atoms with Crippen LogP contribution in [0, 0.1) is 11.2 Å². The van der Waals surface area contributed by atoms with Crippen LogP contribution in [0.4, 0.5) is 4.39 Å². The number of benzene rings is 1. The lowest BCUT2D eigenvalue weighted by atomic mass is 9.74. The van der Waals surface area contributed by atoms with Gasteiger partial charge in [0.15, 0.2) is 0 Å². The Hall–Kier alpha value is -3.03. The summed E-state index contributed by atoms with van der Waals surface area (Å²) in [6.07, 6.45) is 3.66. The van der Waals surface area contributed by atoms with E-state index in [0.29, 0.717) is 18.5 Å². The summed E-state index contributed by atoms with van der Waals surface area (Å²) in [7, 11) is 0. The van der Waals surface area contributed by atoms with E-state index < -0.39 is 28.7 Å². The van der Waals surface area contributed by atoms with Gasteiger partial charge in [0.25, 0.3) is 11.5 Å². The molecule has 0 bridgehead atoms. The first kappa shape index (κ1) is 18.8. The molecule has 1 amide bonds. The largest absolute Gasteiger partial charge is 0.481 e. The van der Waals surface area contributed by atoms with Gasteiger partial charge in [-0.15, -0.1) is 0 Å². The summed E-state index contributed by atoms with van der Waals surface area (Å²) in [6.45, 7) is 0.0124. The van der Waals surface area contributed by atoms with Gasteiger partial charge in [0.05, 0.1) is 11.1 Å². The summed E-state index contributed by atoms with van der Waals surface area (Å²) in [4.78, 5) is 36.2. The number of carbonyl (C=O) groups is 2. The fourth-order valence-corrected chi connectivity index (χ4v) is 3.33. The fourth-order valence-electron chi connectivity index (χ4n) is 3.33. The summed E-state index contributed by atoms with van der Waals surface area (Å²) in [6, 6.07) is 7.62. The minimum atomic E-state index is -0.959. The van der Waals surface area contributed by atoms with Crippen LogP contribution < -0.4 is 10.9 Å². The van der Waals surface area contributed by atoms with Crippen molar-refractivity contribution < 1.29 is 19.1 Å². The summed E-state index contributed by atoms with van der Waals surface area (Å²) in [5.41, 5.74) is -1.12. The van der Waals surface area contributed by atoms with Gasteiger partial charge in [0.1, 0.15) is 11.5 Å². The van der Waals surface area contributed by atoms with Crippen LogP contribution in [-0.2, 0) is 4.79 Å². The van der Waals surface area contributed by atoms with Crippen molar-refractivity contribution in [3.8, 4) is 5.69 Å². The maximum Gasteiger partial charge on any atom is 0.311 e. The van der Waals surface area contributed by atoms with Gasteiger partial charge in [-0.3, -0.25) is 14.4 Å². The molecule has 1 aliphatic rings. The van der Waals surface area contributed by atoms with E-state index in [1.165, 1.54) is 36.4 Å². The monoisotopic (exact) mass is 373 g/mol. The molecule has 0 spiro atoms. The average molecular weight is 373 g/mol. The summed E-state index contributed by atoms with van der Waals surface area (Å²) in [5, 5.41) is 16.2. The number of amides is 1. The lowest BCUT2D eigenvalue weighted by molar-refractivity contribution is -0.150. The average Bonchev–Trinajstić information content (AvgIpc) is 2.68. The van der Waals surface area contributed by atoms with Crippen molar-refractivity contribution in [3.63, 3.8) is 0 Å². The summed E-state index contributed by atoms with van der Waals surface area (Å²) >= 11 is 0. The van der Waals surface area contributed by atoms with E-state index in [4.69, 9.17) is 0 Å². The second-order valence-electron chi connectivity index (χ2n) is 6.77. The molecule has 27 heavy (non-hydrogen) atoms. The Kier molecular flexibility index (Phi) is 5.34. The van der Waals surface area contributed by atoms with Gasteiger partial charge in [0, 0.05) is 12.6 Å². The number of carbonyl (C=O) groups excluding carboxylic acids is 1. The molecule has 2 aromatic rings. The zero-order valence-corrected chi connectivity index (χ0v) is 14.7. The van der Waals surface area contributed by atoms with Crippen LogP contribution in [0.15, 0.2) is 41.2 Å². The van der Waals surface area contributed by atoms with E-state index in [2.05, 4.69) is 10.4 Å². The third-order valence-electron chi connectivity index (χ3n) is 4.96. The zero-order chi connectivity index (χ0) is 19.4. The number of carboxylic acids is 1. The quantitative estimate of drug-likeness (QED) is 0.836. The van der Waals surface area contributed by atoms with Crippen LogP contribution in [0.5, 0.6) is 0 Å². The minimum Gasteiger partial charge on any atom is -0.481 e. The van der Waals surface area contributed by atoms with Crippen LogP contribution >= 0.6 is 0 Å². The molecule has 1 heterocycles. The van der Waals surface area contributed by atoms with Gasteiger partial charge in [-0.25, -0.2) is 4.39 Å². The molecular formula is C19H20FN3O4. The standard InChI is InChI=1S/C19H20FN3O4/c20-13-4-6-14(7-5-13)23-16(24)9-8-15(22-23)17(25)21-12-19(18(26)27)10-2-1-3-11-19/h4-9H,1-3,10-12H2,(H,21,25)(H,26,27). The topological polar surface area (TPSA) is 101 Å². The number of hydrogen-bond acceptors (Lipinski definition) is 4. The zero-order valence-electron chi connectivity index (χ0n) is 14.7. The third-order valence-corrected chi connectivity index (χ3v) is 4.96. The molecule has 1 aromatic heterocycles. The molecule has 1 saturated carbocycles. The van der Waals surface area contributed by atoms with Crippen molar-refractivity contribution in [1.82, 2.24) is 15.1 Å². The highest BCUT2D eigenvalue weighted by atomic mass is 19.1. The van der Waals surface area contributed by atoms with Crippen molar-refractivity contribution in [3.05, 3.63) is 58.3 Å². The van der Waals surface area contributed by atoms with E-state index in [0.717, 1.165) is 23.9 Å². The number of rotatable bonds is 5. The van der Waals surface area contributed by atoms with Gasteiger partial charge >= 0.3 is 5.97 Å². The molecule has 2 N–H and O–H groups in total. The number of nitrogens with one attached hydrogen (secondary N) is 1. The highest BCUT2D eigenvalue weighted by molar-refractivity contribution is 5.92. The molecule has 1 aromatic carbocycles. The molecule has 0 saturated heterocycles. The Morgan fingerprint density at radius 1 is 1.11 bits per heavy atom. The van der Waals surface area contributed by atoms with E-state index in [-0.39, 0.29) is 12.2 Å². The number of aromatic nitrogens is 2. The Labute approximate surface area is 154 Å². The molecule has 1 aliphatic carbocycles. The predicted octanol–water partition coefficient (Wildman–Crippen LogP) is 2.14. The number of carboxylic acid groups (broad SMARTS) is 1. The van der Waals surface area contributed by atoms with Crippen LogP contribution in [0.25, 0.3) is 5.69 Å². The predicted molar refractivity (Wildman–Crippen MR) is 95.3 cm³/mol. The Morgan fingerprint density at radius 2 is 1.78 bits per heavy atom. The third kappa shape index (κ3) is 4.05. The molecule has 7 nitrogen and oxygen atoms in total. The van der Waals surface area contributed by atoms with Gasteiger partial charge < -0.3 is 10.4 Å². The highest BCUT2D eigenvalue weighted by Crippen LogP contribution is 2.36. The maximum atomic E-state index is 13.1. The van der Waals surface area contributed by atoms with Crippen LogP contribution in [0.3, 0.4) is 0 Å².